The third-order valence-corrected chi connectivity index (χ3v) is 6.67. The summed E-state index contributed by atoms with van der Waals surface area (Å²) >= 11 is 0. The minimum Gasteiger partial charge on any atom is -0.396 e. The minimum absolute atomic E-state index is 0.0145. The summed E-state index contributed by atoms with van der Waals surface area (Å²) in [5, 5.41) is 11.9. The highest BCUT2D eigenvalue weighted by atomic mass is 32.2. The van der Waals surface area contributed by atoms with Crippen LogP contribution in [0.3, 0.4) is 0 Å². The fourth-order valence-corrected chi connectivity index (χ4v) is 5.01. The average Bonchev–Trinajstić information content (AvgIpc) is 2.64. The number of aliphatic hydroxyl groups is 1. The highest BCUT2D eigenvalue weighted by Crippen LogP contribution is 2.27. The minimum atomic E-state index is -3.72. The molecule has 0 aliphatic carbocycles. The lowest BCUT2D eigenvalue weighted by Gasteiger charge is -2.27. The van der Waals surface area contributed by atoms with E-state index in [4.69, 9.17) is 4.74 Å². The molecule has 158 valence electrons. The zero-order chi connectivity index (χ0) is 21.7. The van der Waals surface area contributed by atoms with Crippen LogP contribution >= 0.6 is 0 Å². The van der Waals surface area contributed by atoms with Gasteiger partial charge in [-0.1, -0.05) is 13.0 Å². The van der Waals surface area contributed by atoms with E-state index in [0.717, 1.165) is 0 Å². The number of aliphatic hydroxyl groups excluding tert-OH is 1. The Hall–Kier alpha value is -2.29. The number of halogens is 1. The number of ether oxygens (including phenoxy) is 1. The van der Waals surface area contributed by atoms with Gasteiger partial charge in [-0.25, -0.2) is 12.8 Å². The number of hydrogen-bond donors (Lipinski definition) is 2. The fourth-order valence-electron chi connectivity index (χ4n) is 3.10. The molecule has 0 aliphatic heterocycles. The Morgan fingerprint density at radius 1 is 1.24 bits per heavy atom. The van der Waals surface area contributed by atoms with Gasteiger partial charge < -0.3 is 15.2 Å². The molecule has 0 fully saturated rings. The van der Waals surface area contributed by atoms with E-state index in [2.05, 4.69) is 5.32 Å². The Kier molecular flexibility index (Phi) is 7.51. The molecule has 1 amide bonds. The van der Waals surface area contributed by atoms with Crippen LogP contribution in [-0.2, 0) is 14.6 Å². The second-order valence-electron chi connectivity index (χ2n) is 7.42. The monoisotopic (exact) mass is 423 g/mol. The maximum atomic E-state index is 13.4. The quantitative estimate of drug-likeness (QED) is 0.646. The van der Waals surface area contributed by atoms with E-state index in [-0.39, 0.29) is 41.7 Å². The number of carbonyl (C=O) groups is 1. The topological polar surface area (TPSA) is 92.7 Å². The molecule has 29 heavy (non-hydrogen) atoms. The molecule has 0 spiro atoms. The van der Waals surface area contributed by atoms with Gasteiger partial charge in [0.15, 0.2) is 9.84 Å². The molecule has 0 saturated heterocycles. The molecule has 0 radical (unpaired) electrons. The van der Waals surface area contributed by atoms with Gasteiger partial charge in [0.1, 0.15) is 5.82 Å². The molecule has 0 saturated carbocycles. The van der Waals surface area contributed by atoms with Gasteiger partial charge in [-0.3, -0.25) is 4.79 Å². The number of aryl methyl sites for hydroxylation is 1. The Morgan fingerprint density at radius 3 is 2.59 bits per heavy atom. The van der Waals surface area contributed by atoms with Gasteiger partial charge in [0, 0.05) is 30.4 Å². The largest absolute Gasteiger partial charge is 0.396 e. The maximum absolute atomic E-state index is 13.4. The molecular formula is C21H26FNO5S. The van der Waals surface area contributed by atoms with Crippen LogP contribution in [0.25, 0.3) is 0 Å². The molecule has 2 aromatic rings. The van der Waals surface area contributed by atoms with Crippen LogP contribution in [0.1, 0.15) is 29.3 Å². The van der Waals surface area contributed by atoms with Gasteiger partial charge in [0.25, 0.3) is 5.91 Å². The molecule has 0 heterocycles. The summed E-state index contributed by atoms with van der Waals surface area (Å²) in [6.45, 7) is 3.34. The van der Waals surface area contributed by atoms with Crippen molar-refractivity contribution in [1.29, 1.82) is 0 Å². The maximum Gasteiger partial charge on any atom is 0.255 e. The van der Waals surface area contributed by atoms with E-state index in [1.165, 1.54) is 49.6 Å². The summed E-state index contributed by atoms with van der Waals surface area (Å²) < 4.78 is 44.3. The van der Waals surface area contributed by atoms with Crippen molar-refractivity contribution >= 4 is 21.4 Å². The lowest BCUT2D eigenvalue weighted by atomic mass is 9.91. The first-order valence-electron chi connectivity index (χ1n) is 9.10. The van der Waals surface area contributed by atoms with Crippen molar-refractivity contribution < 1.29 is 27.4 Å². The summed E-state index contributed by atoms with van der Waals surface area (Å²) in [5.74, 6) is -1.10. The zero-order valence-electron chi connectivity index (χ0n) is 16.7. The number of nitrogens with one attached hydrogen (secondary N) is 1. The van der Waals surface area contributed by atoms with Crippen LogP contribution < -0.4 is 5.32 Å². The Labute approximate surface area is 170 Å². The predicted octanol–water partition coefficient (Wildman–Crippen LogP) is 3.20. The first-order chi connectivity index (χ1) is 13.6. The molecule has 0 bridgehead atoms. The summed E-state index contributed by atoms with van der Waals surface area (Å²) in [5.41, 5.74) is 0.216. The number of amides is 1. The smallest absolute Gasteiger partial charge is 0.255 e. The molecule has 2 aromatic carbocycles. The summed E-state index contributed by atoms with van der Waals surface area (Å²) in [6.07, 6.45) is 0.268. The van der Waals surface area contributed by atoms with Crippen molar-refractivity contribution in [3.63, 3.8) is 0 Å². The number of sulfone groups is 1. The molecule has 6 nitrogen and oxygen atoms in total. The zero-order valence-corrected chi connectivity index (χ0v) is 17.6. The third kappa shape index (κ3) is 6.09. The molecular weight excluding hydrogens is 397 g/mol. The van der Waals surface area contributed by atoms with Crippen LogP contribution in [0.2, 0.25) is 0 Å². The number of methoxy groups -OCH3 is 1. The second-order valence-corrected chi connectivity index (χ2v) is 9.41. The van der Waals surface area contributed by atoms with Crippen molar-refractivity contribution in [3.05, 3.63) is 59.4 Å². The summed E-state index contributed by atoms with van der Waals surface area (Å²) in [4.78, 5) is 12.5. The lowest BCUT2D eigenvalue weighted by Crippen LogP contribution is -2.33. The summed E-state index contributed by atoms with van der Waals surface area (Å²) in [6, 6.07) is 9.94. The SMILES string of the molecule is COCC(C)(CCO)CS(=O)(=O)c1cccc(C(=O)Nc2ccc(F)c(C)c2)c1. The van der Waals surface area contributed by atoms with Gasteiger partial charge in [0.2, 0.25) is 0 Å². The van der Waals surface area contributed by atoms with Crippen LogP contribution in [-0.4, -0.2) is 45.5 Å². The second kappa shape index (κ2) is 9.47. The van der Waals surface area contributed by atoms with Crippen molar-refractivity contribution in [2.75, 3.05) is 31.4 Å². The van der Waals surface area contributed by atoms with Gasteiger partial charge >= 0.3 is 0 Å². The number of benzene rings is 2. The van der Waals surface area contributed by atoms with Gasteiger partial charge in [-0.05, 0) is 55.3 Å². The van der Waals surface area contributed by atoms with Crippen LogP contribution in [0.4, 0.5) is 10.1 Å². The highest BCUT2D eigenvalue weighted by molar-refractivity contribution is 7.91. The molecule has 0 aromatic heterocycles. The number of carbonyl (C=O) groups excluding carboxylic acids is 1. The molecule has 1 atom stereocenters. The molecule has 8 heteroatoms. The van der Waals surface area contributed by atoms with Crippen LogP contribution in [0.15, 0.2) is 47.4 Å². The number of rotatable bonds is 9. The van der Waals surface area contributed by atoms with Gasteiger partial charge in [-0.2, -0.15) is 0 Å². The van der Waals surface area contributed by atoms with E-state index in [1.54, 1.807) is 13.8 Å². The van der Waals surface area contributed by atoms with E-state index >= 15 is 0 Å². The number of hydrogen-bond acceptors (Lipinski definition) is 5. The third-order valence-electron chi connectivity index (χ3n) is 4.62. The van der Waals surface area contributed by atoms with Crippen molar-refractivity contribution in [2.45, 2.75) is 25.2 Å². The van der Waals surface area contributed by atoms with E-state index in [9.17, 15) is 22.7 Å². The fraction of sp³-hybridized carbons (Fsp3) is 0.381. The molecule has 1 unspecified atom stereocenters. The highest BCUT2D eigenvalue weighted by Gasteiger charge is 2.32. The average molecular weight is 424 g/mol. The number of anilines is 1. The predicted molar refractivity (Wildman–Crippen MR) is 109 cm³/mol. The van der Waals surface area contributed by atoms with Gasteiger partial charge in [0.05, 0.1) is 17.3 Å². The Bertz CT molecular complexity index is 969. The van der Waals surface area contributed by atoms with E-state index in [0.29, 0.717) is 11.3 Å². The summed E-state index contributed by atoms with van der Waals surface area (Å²) in [7, 11) is -2.25. The first kappa shape index (κ1) is 23.0. The lowest BCUT2D eigenvalue weighted by molar-refractivity contribution is 0.0845. The normalized spacial score (nSPS) is 13.7. The van der Waals surface area contributed by atoms with Crippen molar-refractivity contribution in [2.24, 2.45) is 5.41 Å². The van der Waals surface area contributed by atoms with Crippen LogP contribution in [0.5, 0.6) is 0 Å². The van der Waals surface area contributed by atoms with Crippen molar-refractivity contribution in [1.82, 2.24) is 0 Å². The van der Waals surface area contributed by atoms with Crippen molar-refractivity contribution in [3.8, 4) is 0 Å². The standard InChI is InChI=1S/C21H26FNO5S/c1-15-11-17(7-8-19(15)22)23-20(25)16-5-4-6-18(12-16)29(26,27)14-21(2,9-10-24)13-28-3/h4-8,11-12,24H,9-10,13-14H2,1-3H3,(H,23,25). The van der Waals surface area contributed by atoms with E-state index in [1.807, 2.05) is 0 Å². The van der Waals surface area contributed by atoms with Gasteiger partial charge in [-0.15, -0.1) is 0 Å². The first-order valence-corrected chi connectivity index (χ1v) is 10.8. The van der Waals surface area contributed by atoms with Crippen LogP contribution in [0, 0.1) is 18.2 Å². The molecule has 2 rings (SSSR count). The Balaban J connectivity index is 2.24. The van der Waals surface area contributed by atoms with E-state index < -0.39 is 21.2 Å². The molecule has 0 aliphatic rings. The molecule has 2 N–H and O–H groups in total. The Morgan fingerprint density at radius 2 is 1.97 bits per heavy atom.